The topological polar surface area (TPSA) is 43.5 Å². The van der Waals surface area contributed by atoms with Gasteiger partial charge in [0, 0.05) is 16.5 Å². The maximum absolute atomic E-state index is 7.61. The number of hydrogen-bond acceptors (Lipinski definition) is 4. The van der Waals surface area contributed by atoms with Crippen LogP contribution in [0.1, 0.15) is 146 Å². The van der Waals surface area contributed by atoms with Crippen LogP contribution in [0.15, 0.2) is 6.07 Å². The largest absolute Gasteiger partial charge is 0.484 e. The van der Waals surface area contributed by atoms with Crippen molar-refractivity contribution in [2.75, 3.05) is 13.2 Å². The number of ether oxygens (including phenoxy) is 4. The van der Waals surface area contributed by atoms with E-state index in [2.05, 4.69) is 19.9 Å². The van der Waals surface area contributed by atoms with E-state index in [1.165, 1.54) is 127 Å². The standard InChI is InChI=1S/C44H60O4/c1-24(37-22-45-37)47-40-36(43-16-29-6-30(17-43)8-31(7-29)18-43)12-35(42-13-26-3-27(14-42)5-28(4-26)15-42)39(41(40)48-25(2)38-23-46-38)44-19-32-9-33(20-44)11-34(10-32)21-44/h12,24-34,37-38H,3-11,13-23H2,1-2H3. The van der Waals surface area contributed by atoms with Crippen LogP contribution in [0.2, 0.25) is 0 Å². The Kier molecular flexibility index (Phi) is 6.10. The first-order valence-electron chi connectivity index (χ1n) is 21.1. The molecule has 4 atom stereocenters. The Morgan fingerprint density at radius 2 is 0.792 bits per heavy atom. The van der Waals surface area contributed by atoms with Gasteiger partial charge in [-0.3, -0.25) is 0 Å². The summed E-state index contributed by atoms with van der Waals surface area (Å²) in [4.78, 5) is 0. The second-order valence-electron chi connectivity index (χ2n) is 21.0. The minimum atomic E-state index is 0.0575. The quantitative estimate of drug-likeness (QED) is 0.249. The van der Waals surface area contributed by atoms with Crippen molar-refractivity contribution in [3.05, 3.63) is 22.8 Å². The van der Waals surface area contributed by atoms with Gasteiger partial charge in [-0.05, 0) is 199 Å². The maximum Gasteiger partial charge on any atom is 0.166 e. The highest BCUT2D eigenvalue weighted by Gasteiger charge is 2.60. The number of benzene rings is 1. The molecule has 14 aliphatic rings. The van der Waals surface area contributed by atoms with E-state index < -0.39 is 0 Å². The Hall–Kier alpha value is -1.26. The molecule has 4 heteroatoms. The predicted octanol–water partition coefficient (Wildman–Crippen LogP) is 9.42. The summed E-state index contributed by atoms with van der Waals surface area (Å²) >= 11 is 0. The van der Waals surface area contributed by atoms with Crippen LogP contribution in [0, 0.1) is 53.3 Å². The van der Waals surface area contributed by atoms with Gasteiger partial charge < -0.3 is 18.9 Å². The van der Waals surface area contributed by atoms with Gasteiger partial charge in [0.2, 0.25) is 0 Å². The first-order chi connectivity index (χ1) is 23.3. The van der Waals surface area contributed by atoms with Gasteiger partial charge in [0.1, 0.15) is 24.4 Å². The van der Waals surface area contributed by atoms with Crippen molar-refractivity contribution in [2.45, 2.75) is 170 Å². The summed E-state index contributed by atoms with van der Waals surface area (Å²) in [6.07, 6.45) is 26.6. The van der Waals surface area contributed by atoms with Crippen LogP contribution in [0.25, 0.3) is 0 Å². The van der Waals surface area contributed by atoms with Crippen LogP contribution < -0.4 is 9.47 Å². The van der Waals surface area contributed by atoms with Crippen LogP contribution in [0.3, 0.4) is 0 Å². The molecule has 2 heterocycles. The molecule has 260 valence electrons. The van der Waals surface area contributed by atoms with E-state index in [0.717, 1.165) is 66.5 Å². The fourth-order valence-corrected chi connectivity index (χ4v) is 16.7. The lowest BCUT2D eigenvalue weighted by molar-refractivity contribution is -0.0208. The van der Waals surface area contributed by atoms with Gasteiger partial charge in [0.15, 0.2) is 11.5 Å². The molecule has 2 saturated heterocycles. The predicted molar refractivity (Wildman–Crippen MR) is 186 cm³/mol. The van der Waals surface area contributed by atoms with E-state index in [4.69, 9.17) is 18.9 Å². The van der Waals surface area contributed by atoms with E-state index >= 15 is 0 Å². The molecule has 12 bridgehead atoms. The molecule has 15 rings (SSSR count). The summed E-state index contributed by atoms with van der Waals surface area (Å²) in [6.45, 7) is 6.27. The highest BCUT2D eigenvalue weighted by molar-refractivity contribution is 5.64. The summed E-state index contributed by atoms with van der Waals surface area (Å²) in [5.74, 6) is 10.7. The van der Waals surface area contributed by atoms with Gasteiger partial charge in [0.05, 0.1) is 13.2 Å². The molecule has 2 aliphatic heterocycles. The van der Waals surface area contributed by atoms with Crippen LogP contribution in [0.4, 0.5) is 0 Å². The monoisotopic (exact) mass is 652 g/mol. The first kappa shape index (κ1) is 29.3. The molecule has 0 radical (unpaired) electrons. The minimum Gasteiger partial charge on any atom is -0.484 e. The van der Waals surface area contributed by atoms with Gasteiger partial charge in [0.25, 0.3) is 0 Å². The van der Waals surface area contributed by atoms with Gasteiger partial charge >= 0.3 is 0 Å². The van der Waals surface area contributed by atoms with Crippen LogP contribution in [-0.4, -0.2) is 37.6 Å². The molecule has 14 fully saturated rings. The summed E-state index contributed by atoms with van der Waals surface area (Å²) in [7, 11) is 0. The van der Waals surface area contributed by atoms with Crippen molar-refractivity contribution in [3.63, 3.8) is 0 Å². The zero-order valence-corrected chi connectivity index (χ0v) is 29.9. The van der Waals surface area contributed by atoms with E-state index in [1.54, 1.807) is 11.1 Å². The Labute approximate surface area is 289 Å². The molecule has 4 nitrogen and oxygen atoms in total. The molecule has 0 aromatic heterocycles. The van der Waals surface area contributed by atoms with Crippen LogP contribution in [0.5, 0.6) is 11.5 Å². The average Bonchev–Trinajstić information content (AvgIpc) is 3.93. The molecular weight excluding hydrogens is 592 g/mol. The van der Waals surface area contributed by atoms with Crippen LogP contribution in [-0.2, 0) is 25.7 Å². The van der Waals surface area contributed by atoms with E-state index in [9.17, 15) is 0 Å². The molecule has 0 amide bonds. The number of hydrogen-bond donors (Lipinski definition) is 0. The minimum absolute atomic E-state index is 0.0575. The molecule has 48 heavy (non-hydrogen) atoms. The van der Waals surface area contributed by atoms with Gasteiger partial charge in [-0.15, -0.1) is 0 Å². The Balaban J connectivity index is 1.13. The molecule has 12 saturated carbocycles. The zero-order chi connectivity index (χ0) is 31.6. The van der Waals surface area contributed by atoms with Gasteiger partial charge in [-0.1, -0.05) is 6.07 Å². The summed E-state index contributed by atoms with van der Waals surface area (Å²) in [6, 6.07) is 2.94. The fraction of sp³-hybridized carbons (Fsp3) is 0.864. The molecule has 0 N–H and O–H groups in total. The smallest absolute Gasteiger partial charge is 0.166 e. The average molecular weight is 653 g/mol. The molecule has 4 unspecified atom stereocenters. The van der Waals surface area contributed by atoms with Gasteiger partial charge in [-0.2, -0.15) is 0 Å². The molecule has 1 aromatic carbocycles. The number of epoxide rings is 2. The Morgan fingerprint density at radius 1 is 0.479 bits per heavy atom. The van der Waals surface area contributed by atoms with Gasteiger partial charge in [-0.25, -0.2) is 0 Å². The molecular formula is C44H60O4. The van der Waals surface area contributed by atoms with Crippen molar-refractivity contribution in [1.29, 1.82) is 0 Å². The molecule has 0 spiro atoms. The normalized spacial score (nSPS) is 52.5. The van der Waals surface area contributed by atoms with Crippen molar-refractivity contribution < 1.29 is 18.9 Å². The summed E-state index contributed by atoms with van der Waals surface area (Å²) < 4.78 is 27.0. The van der Waals surface area contributed by atoms with Crippen molar-refractivity contribution in [3.8, 4) is 11.5 Å². The van der Waals surface area contributed by atoms with E-state index in [0.29, 0.717) is 5.41 Å². The highest BCUT2D eigenvalue weighted by Crippen LogP contribution is 2.70. The first-order valence-corrected chi connectivity index (χ1v) is 21.1. The fourth-order valence-electron chi connectivity index (χ4n) is 16.7. The molecule has 12 aliphatic carbocycles. The lowest BCUT2D eigenvalue weighted by Gasteiger charge is -2.62. The Morgan fingerprint density at radius 3 is 1.15 bits per heavy atom. The van der Waals surface area contributed by atoms with Crippen LogP contribution >= 0.6 is 0 Å². The van der Waals surface area contributed by atoms with E-state index in [-0.39, 0.29) is 35.2 Å². The zero-order valence-electron chi connectivity index (χ0n) is 29.9. The SMILES string of the molecule is CC(Oc1c(C23CC4CC(CC(C4)C2)C3)cc(C23CC4CC(CC(C4)C2)C3)c(C23CC4CC(CC(C4)C2)C3)c1OC(C)C1CO1)C1CO1. The Bertz CT molecular complexity index is 1390. The lowest BCUT2D eigenvalue weighted by atomic mass is 9.43. The maximum atomic E-state index is 7.61. The van der Waals surface area contributed by atoms with Crippen molar-refractivity contribution in [2.24, 2.45) is 53.3 Å². The summed E-state index contributed by atoms with van der Waals surface area (Å²) in [5, 5.41) is 0. The summed E-state index contributed by atoms with van der Waals surface area (Å²) in [5.41, 5.74) is 5.96. The second-order valence-corrected chi connectivity index (χ2v) is 21.0. The molecule has 1 aromatic rings. The second kappa shape index (κ2) is 9.99. The van der Waals surface area contributed by atoms with Crippen molar-refractivity contribution >= 4 is 0 Å². The number of rotatable bonds is 9. The third kappa shape index (κ3) is 4.38. The van der Waals surface area contributed by atoms with Crippen molar-refractivity contribution in [1.82, 2.24) is 0 Å². The third-order valence-electron chi connectivity index (χ3n) is 17.4. The highest BCUT2D eigenvalue weighted by atomic mass is 16.6. The third-order valence-corrected chi connectivity index (χ3v) is 17.4. The lowest BCUT2D eigenvalue weighted by Crippen LogP contribution is -2.53. The van der Waals surface area contributed by atoms with E-state index in [1.807, 2.05) is 5.56 Å².